The highest BCUT2D eigenvalue weighted by Crippen LogP contribution is 2.24. The van der Waals surface area contributed by atoms with Gasteiger partial charge in [0.2, 0.25) is 0 Å². The number of aromatic nitrogens is 2. The monoisotopic (exact) mass is 195 g/mol. The topological polar surface area (TPSA) is 25.8 Å². The highest BCUT2D eigenvalue weighted by molar-refractivity contribution is 7.07. The molecule has 0 unspecified atom stereocenters. The van der Waals surface area contributed by atoms with Crippen molar-refractivity contribution < 1.29 is 0 Å². The molecule has 1 radical (unpaired) electrons. The summed E-state index contributed by atoms with van der Waals surface area (Å²) < 4.78 is 0. The molecule has 0 saturated carbocycles. The Labute approximate surface area is 78.9 Å². The standard InChI is InChI=1S/C8H4ClN2S/c9-8-6(2-1-3-10-8)7-4-12-5-11-7/h1-4H. The summed E-state index contributed by atoms with van der Waals surface area (Å²) in [4.78, 5) is 7.97. The highest BCUT2D eigenvalue weighted by atomic mass is 35.5. The first-order chi connectivity index (χ1) is 5.88. The molecule has 0 amide bonds. The second kappa shape index (κ2) is 3.21. The van der Waals surface area contributed by atoms with Crippen molar-refractivity contribution in [3.8, 4) is 11.3 Å². The van der Waals surface area contributed by atoms with Crippen molar-refractivity contribution >= 4 is 22.9 Å². The van der Waals surface area contributed by atoms with Crippen molar-refractivity contribution in [2.24, 2.45) is 0 Å². The van der Waals surface area contributed by atoms with Gasteiger partial charge in [-0.25, -0.2) is 9.97 Å². The van der Waals surface area contributed by atoms with Crippen molar-refractivity contribution in [2.75, 3.05) is 0 Å². The van der Waals surface area contributed by atoms with Crippen molar-refractivity contribution in [1.29, 1.82) is 0 Å². The van der Waals surface area contributed by atoms with Gasteiger partial charge in [0.05, 0.1) is 5.69 Å². The van der Waals surface area contributed by atoms with E-state index in [2.05, 4.69) is 15.5 Å². The van der Waals surface area contributed by atoms with Crippen LogP contribution in [0.1, 0.15) is 0 Å². The van der Waals surface area contributed by atoms with Crippen molar-refractivity contribution in [3.05, 3.63) is 34.4 Å². The maximum absolute atomic E-state index is 5.86. The Balaban J connectivity index is 2.55. The van der Waals surface area contributed by atoms with Crippen LogP contribution in [0.25, 0.3) is 11.3 Å². The summed E-state index contributed by atoms with van der Waals surface area (Å²) in [6, 6.07) is 3.72. The molecule has 0 spiro atoms. The maximum atomic E-state index is 5.86. The first kappa shape index (κ1) is 7.71. The first-order valence-electron chi connectivity index (χ1n) is 3.30. The van der Waals surface area contributed by atoms with E-state index >= 15 is 0 Å². The molecule has 0 aliphatic heterocycles. The van der Waals surface area contributed by atoms with Gasteiger partial charge in [0.25, 0.3) is 0 Å². The van der Waals surface area contributed by atoms with Gasteiger partial charge < -0.3 is 0 Å². The van der Waals surface area contributed by atoms with Crippen LogP contribution in [0.15, 0.2) is 23.7 Å². The van der Waals surface area contributed by atoms with Crippen LogP contribution >= 0.6 is 22.9 Å². The van der Waals surface area contributed by atoms with E-state index in [-0.39, 0.29) is 0 Å². The number of hydrogen-bond acceptors (Lipinski definition) is 3. The molecule has 2 aromatic heterocycles. The Morgan fingerprint density at radius 1 is 1.50 bits per heavy atom. The Morgan fingerprint density at radius 3 is 3.08 bits per heavy atom. The molecule has 2 heterocycles. The summed E-state index contributed by atoms with van der Waals surface area (Å²) >= 11 is 7.28. The number of rotatable bonds is 1. The van der Waals surface area contributed by atoms with Crippen molar-refractivity contribution in [1.82, 2.24) is 9.97 Å². The van der Waals surface area contributed by atoms with Gasteiger partial charge in [0.15, 0.2) is 5.51 Å². The zero-order valence-corrected chi connectivity index (χ0v) is 7.56. The summed E-state index contributed by atoms with van der Waals surface area (Å²) in [5, 5.41) is 2.37. The largest absolute Gasteiger partial charge is 0.244 e. The highest BCUT2D eigenvalue weighted by Gasteiger charge is 2.04. The molecule has 0 fully saturated rings. The van der Waals surface area contributed by atoms with Crippen LogP contribution < -0.4 is 0 Å². The molecule has 2 aromatic rings. The van der Waals surface area contributed by atoms with Crippen LogP contribution in [0.4, 0.5) is 0 Å². The lowest BCUT2D eigenvalue weighted by Crippen LogP contribution is -1.81. The molecule has 0 aliphatic carbocycles. The van der Waals surface area contributed by atoms with Gasteiger partial charge in [-0.3, -0.25) is 0 Å². The van der Waals surface area contributed by atoms with E-state index in [9.17, 15) is 0 Å². The van der Waals surface area contributed by atoms with Gasteiger partial charge in [0.1, 0.15) is 5.15 Å². The molecule has 4 heteroatoms. The van der Waals surface area contributed by atoms with Gasteiger partial charge in [0, 0.05) is 17.1 Å². The molecule has 2 nitrogen and oxygen atoms in total. The Bertz CT molecular complexity index is 372. The van der Waals surface area contributed by atoms with Gasteiger partial charge in [-0.15, -0.1) is 11.3 Å². The van der Waals surface area contributed by atoms with Crippen molar-refractivity contribution in [3.63, 3.8) is 0 Å². The summed E-state index contributed by atoms with van der Waals surface area (Å²) in [5.74, 6) is 0. The summed E-state index contributed by atoms with van der Waals surface area (Å²) in [5.41, 5.74) is 4.45. The van der Waals surface area contributed by atoms with E-state index in [0.29, 0.717) is 5.15 Å². The third-order valence-corrected chi connectivity index (χ3v) is 2.26. The molecule has 0 atom stereocenters. The van der Waals surface area contributed by atoms with Crippen LogP contribution in [0.5, 0.6) is 0 Å². The fourth-order valence-electron chi connectivity index (χ4n) is 0.885. The van der Waals surface area contributed by atoms with E-state index in [0.717, 1.165) is 11.3 Å². The van der Waals surface area contributed by atoms with Gasteiger partial charge in [-0.2, -0.15) is 0 Å². The second-order valence-corrected chi connectivity index (χ2v) is 3.18. The van der Waals surface area contributed by atoms with Gasteiger partial charge in [-0.1, -0.05) is 11.6 Å². The minimum atomic E-state index is 0.483. The van der Waals surface area contributed by atoms with Crippen molar-refractivity contribution in [2.45, 2.75) is 0 Å². The Hall–Kier alpha value is -0.930. The predicted octanol–water partition coefficient (Wildman–Crippen LogP) is 2.66. The zero-order chi connectivity index (χ0) is 8.39. The predicted molar refractivity (Wildman–Crippen MR) is 49.2 cm³/mol. The molecule has 0 saturated heterocycles. The average Bonchev–Trinajstić information content (AvgIpc) is 2.57. The van der Waals surface area contributed by atoms with E-state index in [1.165, 1.54) is 11.3 Å². The average molecular weight is 196 g/mol. The summed E-state index contributed by atoms with van der Waals surface area (Å²) in [6.45, 7) is 0. The maximum Gasteiger partial charge on any atom is 0.152 e. The number of thiazole rings is 1. The molecule has 12 heavy (non-hydrogen) atoms. The molecular weight excluding hydrogens is 192 g/mol. The molecule has 2 rings (SSSR count). The fourth-order valence-corrected chi connectivity index (χ4v) is 1.60. The normalized spacial score (nSPS) is 10.1. The third-order valence-electron chi connectivity index (χ3n) is 1.42. The van der Waals surface area contributed by atoms with Crippen LogP contribution in [0, 0.1) is 5.51 Å². The first-order valence-corrected chi connectivity index (χ1v) is 4.56. The Kier molecular flexibility index (Phi) is 2.06. The number of pyridine rings is 1. The van der Waals surface area contributed by atoms with Crippen LogP contribution in [-0.4, -0.2) is 9.97 Å². The minimum Gasteiger partial charge on any atom is -0.244 e. The molecule has 0 N–H and O–H groups in total. The third kappa shape index (κ3) is 1.33. The number of nitrogens with zero attached hydrogens (tertiary/aromatic N) is 2. The van der Waals surface area contributed by atoms with E-state index in [1.54, 1.807) is 6.20 Å². The smallest absolute Gasteiger partial charge is 0.152 e. The number of hydrogen-bond donors (Lipinski definition) is 0. The van der Waals surface area contributed by atoms with Crippen LogP contribution in [0.2, 0.25) is 5.15 Å². The van der Waals surface area contributed by atoms with E-state index < -0.39 is 0 Å². The molecular formula is C8H4ClN2S. The lowest BCUT2D eigenvalue weighted by Gasteiger charge is -1.96. The lowest BCUT2D eigenvalue weighted by atomic mass is 10.2. The zero-order valence-electron chi connectivity index (χ0n) is 5.99. The van der Waals surface area contributed by atoms with Crippen LogP contribution in [0.3, 0.4) is 0 Å². The molecule has 0 aliphatic rings. The quantitative estimate of drug-likeness (QED) is 0.654. The van der Waals surface area contributed by atoms with Crippen LogP contribution in [-0.2, 0) is 0 Å². The molecule has 0 aromatic carbocycles. The van der Waals surface area contributed by atoms with E-state index in [1.807, 2.05) is 17.5 Å². The Morgan fingerprint density at radius 2 is 2.42 bits per heavy atom. The number of halogens is 1. The summed E-state index contributed by atoms with van der Waals surface area (Å²) in [6.07, 6.45) is 1.65. The van der Waals surface area contributed by atoms with E-state index in [4.69, 9.17) is 11.6 Å². The summed E-state index contributed by atoms with van der Waals surface area (Å²) in [7, 11) is 0. The van der Waals surface area contributed by atoms with Gasteiger partial charge >= 0.3 is 0 Å². The fraction of sp³-hybridized carbons (Fsp3) is 0. The molecule has 0 bridgehead atoms. The second-order valence-electron chi connectivity index (χ2n) is 2.17. The molecule has 59 valence electrons. The lowest BCUT2D eigenvalue weighted by molar-refractivity contribution is 1.30. The minimum absolute atomic E-state index is 0.483. The SMILES string of the molecule is Clc1ncccc1-c1cs[c]n1. The van der Waals surface area contributed by atoms with Gasteiger partial charge in [-0.05, 0) is 12.1 Å².